The van der Waals surface area contributed by atoms with Gasteiger partial charge in [0.2, 0.25) is 0 Å². The van der Waals surface area contributed by atoms with E-state index in [2.05, 4.69) is 20.2 Å². The molecule has 0 aliphatic carbocycles. The molecule has 128 valence electrons. The summed E-state index contributed by atoms with van der Waals surface area (Å²) in [5, 5.41) is 9.02. The second-order valence-corrected chi connectivity index (χ2v) is 7.12. The highest BCUT2D eigenvalue weighted by Gasteiger charge is 2.28. The predicted octanol–water partition coefficient (Wildman–Crippen LogP) is 2.64. The van der Waals surface area contributed by atoms with E-state index in [4.69, 9.17) is 0 Å². The van der Waals surface area contributed by atoms with Gasteiger partial charge in [0.25, 0.3) is 5.91 Å². The molecule has 0 aromatic carbocycles. The summed E-state index contributed by atoms with van der Waals surface area (Å²) in [6.07, 6.45) is 5.16. The molecule has 0 bridgehead atoms. The third-order valence-electron chi connectivity index (χ3n) is 4.53. The second-order valence-electron chi connectivity index (χ2n) is 6.21. The fraction of sp³-hybridized carbons (Fsp3) is 0.353. The molecule has 1 amide bonds. The number of aromatic nitrogens is 4. The van der Waals surface area contributed by atoms with Gasteiger partial charge >= 0.3 is 0 Å². The van der Waals surface area contributed by atoms with Crippen LogP contribution in [0.2, 0.25) is 0 Å². The predicted molar refractivity (Wildman–Crippen MR) is 93.9 cm³/mol. The summed E-state index contributed by atoms with van der Waals surface area (Å²) < 4.78 is 0. The Labute approximate surface area is 148 Å². The average molecular weight is 355 g/mol. The van der Waals surface area contributed by atoms with Crippen LogP contribution in [0.4, 0.5) is 0 Å². The third kappa shape index (κ3) is 2.93. The summed E-state index contributed by atoms with van der Waals surface area (Å²) in [6, 6.07) is 1.69. The van der Waals surface area contributed by atoms with Gasteiger partial charge in [0.1, 0.15) is 5.52 Å². The summed E-state index contributed by atoms with van der Waals surface area (Å²) in [6.45, 7) is 2.84. The van der Waals surface area contributed by atoms with Gasteiger partial charge < -0.3 is 4.90 Å². The highest BCUT2D eigenvalue weighted by molar-refractivity contribution is 7.12. The van der Waals surface area contributed by atoms with Gasteiger partial charge in [-0.1, -0.05) is 0 Å². The lowest BCUT2D eigenvalue weighted by Crippen LogP contribution is -2.39. The first-order chi connectivity index (χ1) is 12.1. The number of ketones is 1. The number of thiophene rings is 1. The molecular weight excluding hydrogens is 338 g/mol. The molecule has 4 heterocycles. The molecule has 1 aliphatic rings. The van der Waals surface area contributed by atoms with Gasteiger partial charge in [-0.15, -0.1) is 11.3 Å². The van der Waals surface area contributed by atoms with Gasteiger partial charge in [-0.3, -0.25) is 14.7 Å². The van der Waals surface area contributed by atoms with E-state index in [0.717, 1.165) is 30.6 Å². The quantitative estimate of drug-likeness (QED) is 0.729. The van der Waals surface area contributed by atoms with Gasteiger partial charge in [0.05, 0.1) is 16.1 Å². The van der Waals surface area contributed by atoms with Crippen molar-refractivity contribution in [1.82, 2.24) is 25.1 Å². The standard InChI is InChI=1S/C17H17N5O2S/c1-10(23)13-7-12(9-25-13)17(24)22-6-2-3-11(8-22)14-15-16(21-20-14)19-5-4-18-15/h4-5,7,9,11H,2-3,6,8H2,1H3,(H,19,20,21)/t11-/m0/s1. The zero-order valence-corrected chi connectivity index (χ0v) is 14.5. The maximum atomic E-state index is 12.8. The number of amides is 1. The van der Waals surface area contributed by atoms with Gasteiger partial charge in [-0.2, -0.15) is 5.10 Å². The molecule has 1 aliphatic heterocycles. The summed E-state index contributed by atoms with van der Waals surface area (Å²) in [7, 11) is 0. The summed E-state index contributed by atoms with van der Waals surface area (Å²) in [5.41, 5.74) is 2.90. The van der Waals surface area contributed by atoms with Crippen LogP contribution in [0, 0.1) is 0 Å². The van der Waals surface area contributed by atoms with E-state index < -0.39 is 0 Å². The lowest BCUT2D eigenvalue weighted by Gasteiger charge is -2.32. The third-order valence-corrected chi connectivity index (χ3v) is 5.56. The Morgan fingerprint density at radius 2 is 2.16 bits per heavy atom. The number of fused-ring (bicyclic) bond motifs is 1. The number of carbonyl (C=O) groups excluding carboxylic acids is 2. The Kier molecular flexibility index (Phi) is 4.04. The molecule has 8 heteroatoms. The lowest BCUT2D eigenvalue weighted by atomic mass is 9.94. The minimum Gasteiger partial charge on any atom is -0.338 e. The number of piperidine rings is 1. The Morgan fingerprint density at radius 3 is 2.96 bits per heavy atom. The zero-order valence-electron chi connectivity index (χ0n) is 13.7. The van der Waals surface area contributed by atoms with Gasteiger partial charge in [0.15, 0.2) is 11.4 Å². The maximum Gasteiger partial charge on any atom is 0.254 e. The number of carbonyl (C=O) groups is 2. The number of Topliss-reactive ketones (excluding diaryl/α,β-unsaturated/α-hetero) is 1. The normalized spacial score (nSPS) is 17.8. The fourth-order valence-corrected chi connectivity index (χ4v) is 4.05. The van der Waals surface area contributed by atoms with E-state index >= 15 is 0 Å². The number of nitrogens with zero attached hydrogens (tertiary/aromatic N) is 4. The van der Waals surface area contributed by atoms with Crippen molar-refractivity contribution in [2.75, 3.05) is 13.1 Å². The van der Waals surface area contributed by atoms with Crippen molar-refractivity contribution in [3.05, 3.63) is 40.0 Å². The Morgan fingerprint density at radius 1 is 1.32 bits per heavy atom. The van der Waals surface area contributed by atoms with Crippen LogP contribution in [0.3, 0.4) is 0 Å². The van der Waals surface area contributed by atoms with Crippen LogP contribution in [-0.4, -0.2) is 49.8 Å². The van der Waals surface area contributed by atoms with Crippen molar-refractivity contribution in [2.24, 2.45) is 0 Å². The SMILES string of the molecule is CC(=O)c1cc(C(=O)N2CCC[C@H](c3[nH]nc4nccnc34)C2)cs1. The number of aromatic amines is 1. The number of hydrogen-bond donors (Lipinski definition) is 1. The van der Waals surface area contributed by atoms with Crippen LogP contribution >= 0.6 is 11.3 Å². The van der Waals surface area contributed by atoms with E-state index in [9.17, 15) is 9.59 Å². The van der Waals surface area contributed by atoms with E-state index in [1.807, 2.05) is 4.90 Å². The molecule has 0 radical (unpaired) electrons. The molecule has 1 N–H and O–H groups in total. The summed E-state index contributed by atoms with van der Waals surface area (Å²) in [4.78, 5) is 35.3. The molecule has 4 rings (SSSR count). The van der Waals surface area contributed by atoms with E-state index in [0.29, 0.717) is 22.6 Å². The smallest absolute Gasteiger partial charge is 0.254 e. The van der Waals surface area contributed by atoms with Crippen molar-refractivity contribution in [1.29, 1.82) is 0 Å². The summed E-state index contributed by atoms with van der Waals surface area (Å²) >= 11 is 1.32. The van der Waals surface area contributed by atoms with Crippen LogP contribution in [-0.2, 0) is 0 Å². The molecule has 0 unspecified atom stereocenters. The Bertz CT molecular complexity index is 947. The maximum absolute atomic E-state index is 12.8. The topological polar surface area (TPSA) is 91.8 Å². The van der Waals surface area contributed by atoms with Crippen LogP contribution in [0.15, 0.2) is 23.8 Å². The molecule has 25 heavy (non-hydrogen) atoms. The van der Waals surface area contributed by atoms with Gasteiger partial charge in [-0.25, -0.2) is 9.97 Å². The molecule has 0 spiro atoms. The molecule has 0 saturated carbocycles. The molecular formula is C17H17N5O2S. The molecule has 3 aromatic heterocycles. The van der Waals surface area contributed by atoms with Gasteiger partial charge in [-0.05, 0) is 25.8 Å². The number of nitrogens with one attached hydrogen (secondary N) is 1. The number of likely N-dealkylation sites (tertiary alicyclic amines) is 1. The molecule has 1 atom stereocenters. The summed E-state index contributed by atoms with van der Waals surface area (Å²) in [5.74, 6) is 0.122. The highest BCUT2D eigenvalue weighted by Crippen LogP contribution is 2.30. The first kappa shape index (κ1) is 15.9. The molecule has 7 nitrogen and oxygen atoms in total. The monoisotopic (exact) mass is 355 g/mol. The highest BCUT2D eigenvalue weighted by atomic mass is 32.1. The first-order valence-electron chi connectivity index (χ1n) is 8.17. The van der Waals surface area contributed by atoms with Crippen molar-refractivity contribution in [3.63, 3.8) is 0 Å². The number of H-pyrrole nitrogens is 1. The number of hydrogen-bond acceptors (Lipinski definition) is 6. The fourth-order valence-electron chi connectivity index (χ4n) is 3.27. The van der Waals surface area contributed by atoms with Crippen molar-refractivity contribution in [2.45, 2.75) is 25.7 Å². The van der Waals surface area contributed by atoms with E-state index in [1.165, 1.54) is 18.3 Å². The minimum absolute atomic E-state index is 0.0110. The second kappa shape index (κ2) is 6.36. The molecule has 1 saturated heterocycles. The van der Waals surface area contributed by atoms with Crippen molar-refractivity contribution in [3.8, 4) is 0 Å². The van der Waals surface area contributed by atoms with Gasteiger partial charge in [0, 0.05) is 36.8 Å². The minimum atomic E-state index is -0.0247. The largest absolute Gasteiger partial charge is 0.338 e. The van der Waals surface area contributed by atoms with E-state index in [1.54, 1.807) is 23.8 Å². The molecule has 3 aromatic rings. The van der Waals surface area contributed by atoms with Crippen LogP contribution < -0.4 is 0 Å². The number of rotatable bonds is 3. The Hall–Kier alpha value is -2.61. The van der Waals surface area contributed by atoms with Crippen LogP contribution in [0.1, 0.15) is 51.4 Å². The van der Waals surface area contributed by atoms with Crippen molar-refractivity contribution < 1.29 is 9.59 Å². The van der Waals surface area contributed by atoms with Crippen LogP contribution in [0.25, 0.3) is 11.2 Å². The zero-order chi connectivity index (χ0) is 17.4. The first-order valence-corrected chi connectivity index (χ1v) is 9.05. The lowest BCUT2D eigenvalue weighted by molar-refractivity contribution is 0.0706. The van der Waals surface area contributed by atoms with Crippen molar-refractivity contribution >= 4 is 34.2 Å². The van der Waals surface area contributed by atoms with E-state index in [-0.39, 0.29) is 17.6 Å². The average Bonchev–Trinajstić information content (AvgIpc) is 3.28. The molecule has 1 fully saturated rings. The van der Waals surface area contributed by atoms with Crippen LogP contribution in [0.5, 0.6) is 0 Å². The Balaban J connectivity index is 1.56.